The number of piperidine rings is 1. The Morgan fingerprint density at radius 1 is 1.16 bits per heavy atom. The maximum atomic E-state index is 14.2. The van der Waals surface area contributed by atoms with Crippen LogP contribution in [0.15, 0.2) is 0 Å². The molecule has 0 N–H and O–H groups in total. The van der Waals surface area contributed by atoms with E-state index in [2.05, 4.69) is 18.7 Å². The number of rotatable bonds is 4. The quantitative estimate of drug-likeness (QED) is 0.777. The Kier molecular flexibility index (Phi) is 4.51. The van der Waals surface area contributed by atoms with Crippen LogP contribution >= 0.6 is 0 Å². The first-order chi connectivity index (χ1) is 8.79. The molecule has 1 unspecified atom stereocenters. The van der Waals surface area contributed by atoms with Crippen molar-refractivity contribution < 1.29 is 8.78 Å². The second kappa shape index (κ2) is 5.65. The number of likely N-dealkylation sites (tertiary alicyclic amines) is 2. The van der Waals surface area contributed by atoms with E-state index in [-0.39, 0.29) is 6.54 Å². The third-order valence-corrected chi connectivity index (χ3v) is 4.67. The molecule has 0 radical (unpaired) electrons. The molecule has 0 aromatic heterocycles. The summed E-state index contributed by atoms with van der Waals surface area (Å²) in [5, 5.41) is 0. The summed E-state index contributed by atoms with van der Waals surface area (Å²) >= 11 is 0. The summed E-state index contributed by atoms with van der Waals surface area (Å²) in [6.45, 7) is 11.2. The fraction of sp³-hybridized carbons (Fsp3) is 1.00. The third-order valence-electron chi connectivity index (χ3n) is 4.67. The van der Waals surface area contributed by atoms with Gasteiger partial charge in [-0.05, 0) is 39.2 Å². The summed E-state index contributed by atoms with van der Waals surface area (Å²) in [4.78, 5) is 4.37. The van der Waals surface area contributed by atoms with Gasteiger partial charge < -0.3 is 0 Å². The molecule has 2 fully saturated rings. The molecular weight excluding hydrogens is 246 g/mol. The lowest BCUT2D eigenvalue weighted by Gasteiger charge is -2.51. The van der Waals surface area contributed by atoms with Crippen molar-refractivity contribution in [1.29, 1.82) is 0 Å². The van der Waals surface area contributed by atoms with Gasteiger partial charge in [0.2, 0.25) is 0 Å². The topological polar surface area (TPSA) is 6.48 Å². The summed E-state index contributed by atoms with van der Waals surface area (Å²) in [5.41, 5.74) is 0. The normalized spacial score (nSPS) is 30.0. The Morgan fingerprint density at radius 2 is 1.79 bits per heavy atom. The van der Waals surface area contributed by atoms with Crippen molar-refractivity contribution in [2.75, 3.05) is 26.2 Å². The number of alkyl halides is 2. The van der Waals surface area contributed by atoms with Crippen LogP contribution in [0.3, 0.4) is 0 Å². The zero-order valence-corrected chi connectivity index (χ0v) is 12.7. The van der Waals surface area contributed by atoms with E-state index in [1.807, 2.05) is 18.7 Å². The van der Waals surface area contributed by atoms with E-state index in [0.717, 1.165) is 19.6 Å². The van der Waals surface area contributed by atoms with Crippen LogP contribution in [0.4, 0.5) is 8.78 Å². The summed E-state index contributed by atoms with van der Waals surface area (Å²) in [7, 11) is 0. The second-order valence-electron chi connectivity index (χ2n) is 7.05. The van der Waals surface area contributed by atoms with Crippen molar-refractivity contribution in [1.82, 2.24) is 9.80 Å². The van der Waals surface area contributed by atoms with Crippen LogP contribution < -0.4 is 0 Å². The lowest BCUT2D eigenvalue weighted by atomic mass is 9.84. The van der Waals surface area contributed by atoms with Crippen LogP contribution in [0.5, 0.6) is 0 Å². The van der Waals surface area contributed by atoms with Gasteiger partial charge in [0.15, 0.2) is 0 Å². The zero-order valence-electron chi connectivity index (χ0n) is 12.7. The predicted molar refractivity (Wildman–Crippen MR) is 74.6 cm³/mol. The van der Waals surface area contributed by atoms with E-state index in [1.54, 1.807) is 0 Å². The van der Waals surface area contributed by atoms with Gasteiger partial charge in [-0.15, -0.1) is 0 Å². The molecule has 2 nitrogen and oxygen atoms in total. The van der Waals surface area contributed by atoms with Gasteiger partial charge in [0.05, 0.1) is 6.54 Å². The first-order valence-corrected chi connectivity index (χ1v) is 7.65. The number of hydrogen-bond donors (Lipinski definition) is 0. The minimum atomic E-state index is -2.50. The molecule has 4 heteroatoms. The Bertz CT molecular complexity index is 299. The van der Waals surface area contributed by atoms with E-state index >= 15 is 0 Å². The van der Waals surface area contributed by atoms with Crippen molar-refractivity contribution >= 4 is 0 Å². The largest absolute Gasteiger partial charge is 0.298 e. The lowest BCUT2D eigenvalue weighted by molar-refractivity contribution is -0.139. The van der Waals surface area contributed by atoms with Gasteiger partial charge in [0.1, 0.15) is 0 Å². The highest BCUT2D eigenvalue weighted by Crippen LogP contribution is 2.38. The highest BCUT2D eigenvalue weighted by atomic mass is 19.3. The monoisotopic (exact) mass is 274 g/mol. The lowest BCUT2D eigenvalue weighted by Crippen LogP contribution is -2.64. The standard InChI is InChI=1S/C15H28F2N2/c1-11(2)7-13-5-6-18(10-15(13,16)17)14-8-19(9-14)12(3)4/h11-14H,5-10H2,1-4H3. The molecule has 2 rings (SSSR count). The minimum absolute atomic E-state index is 0.0268. The van der Waals surface area contributed by atoms with E-state index in [9.17, 15) is 8.78 Å². The van der Waals surface area contributed by atoms with Gasteiger partial charge in [-0.25, -0.2) is 8.78 Å². The van der Waals surface area contributed by atoms with Gasteiger partial charge in [0.25, 0.3) is 5.92 Å². The summed E-state index contributed by atoms with van der Waals surface area (Å²) in [6.07, 6.45) is 1.31. The summed E-state index contributed by atoms with van der Waals surface area (Å²) in [6, 6.07) is 0.892. The molecule has 2 aliphatic rings. The Morgan fingerprint density at radius 3 is 2.26 bits per heavy atom. The molecular formula is C15H28F2N2. The number of nitrogens with zero attached hydrogens (tertiary/aromatic N) is 2. The van der Waals surface area contributed by atoms with E-state index in [0.29, 0.717) is 30.8 Å². The van der Waals surface area contributed by atoms with Crippen molar-refractivity contribution in [2.24, 2.45) is 11.8 Å². The molecule has 2 aliphatic heterocycles. The molecule has 1 atom stereocenters. The fourth-order valence-corrected chi connectivity index (χ4v) is 3.32. The van der Waals surface area contributed by atoms with E-state index in [4.69, 9.17) is 0 Å². The van der Waals surface area contributed by atoms with Gasteiger partial charge in [-0.1, -0.05) is 13.8 Å². The zero-order chi connectivity index (χ0) is 14.2. The third kappa shape index (κ3) is 3.46. The van der Waals surface area contributed by atoms with Crippen molar-refractivity contribution in [2.45, 2.75) is 58.5 Å². The maximum absolute atomic E-state index is 14.2. The SMILES string of the molecule is CC(C)CC1CCN(C2CN(C(C)C)C2)CC1(F)F. The van der Waals surface area contributed by atoms with Gasteiger partial charge in [-0.3, -0.25) is 9.80 Å². The van der Waals surface area contributed by atoms with Gasteiger partial charge in [-0.2, -0.15) is 0 Å². The minimum Gasteiger partial charge on any atom is -0.298 e. The Labute approximate surface area is 116 Å². The van der Waals surface area contributed by atoms with Crippen molar-refractivity contribution in [3.05, 3.63) is 0 Å². The molecule has 19 heavy (non-hydrogen) atoms. The van der Waals surface area contributed by atoms with Gasteiger partial charge in [0, 0.05) is 31.1 Å². The average Bonchev–Trinajstić information content (AvgIpc) is 2.18. The first-order valence-electron chi connectivity index (χ1n) is 7.65. The molecule has 0 amide bonds. The maximum Gasteiger partial charge on any atom is 0.263 e. The highest BCUT2D eigenvalue weighted by Gasteiger charge is 2.47. The average molecular weight is 274 g/mol. The number of hydrogen-bond acceptors (Lipinski definition) is 2. The van der Waals surface area contributed by atoms with Crippen LogP contribution in [0.2, 0.25) is 0 Å². The molecule has 0 aliphatic carbocycles. The molecule has 0 saturated carbocycles. The predicted octanol–water partition coefficient (Wildman–Crippen LogP) is 3.08. The van der Waals surface area contributed by atoms with Crippen LogP contribution in [0, 0.1) is 11.8 Å². The van der Waals surface area contributed by atoms with Gasteiger partial charge >= 0.3 is 0 Å². The van der Waals surface area contributed by atoms with E-state index < -0.39 is 11.8 Å². The summed E-state index contributed by atoms with van der Waals surface area (Å²) in [5.74, 6) is -2.55. The Hall–Kier alpha value is -0.220. The van der Waals surface area contributed by atoms with Crippen LogP contribution in [-0.2, 0) is 0 Å². The summed E-state index contributed by atoms with van der Waals surface area (Å²) < 4.78 is 28.4. The van der Waals surface area contributed by atoms with E-state index in [1.165, 1.54) is 0 Å². The molecule has 0 spiro atoms. The smallest absolute Gasteiger partial charge is 0.263 e. The highest BCUT2D eigenvalue weighted by molar-refractivity contribution is 4.95. The Balaban J connectivity index is 1.85. The fourth-order valence-electron chi connectivity index (χ4n) is 3.32. The molecule has 112 valence electrons. The molecule has 0 aromatic rings. The van der Waals surface area contributed by atoms with Crippen LogP contribution in [-0.4, -0.2) is 54.0 Å². The molecule has 2 saturated heterocycles. The second-order valence-corrected chi connectivity index (χ2v) is 7.05. The van der Waals surface area contributed by atoms with Crippen molar-refractivity contribution in [3.8, 4) is 0 Å². The van der Waals surface area contributed by atoms with Crippen molar-refractivity contribution in [3.63, 3.8) is 0 Å². The first kappa shape index (κ1) is 15.2. The van der Waals surface area contributed by atoms with Crippen LogP contribution in [0.1, 0.15) is 40.5 Å². The number of halogens is 2. The molecule has 0 aromatic carbocycles. The van der Waals surface area contributed by atoms with Crippen LogP contribution in [0.25, 0.3) is 0 Å². The molecule has 0 bridgehead atoms. The molecule has 2 heterocycles.